The molecule has 0 bridgehead atoms. The van der Waals surface area contributed by atoms with Crippen molar-refractivity contribution in [2.24, 2.45) is 0 Å². The summed E-state index contributed by atoms with van der Waals surface area (Å²) in [6.45, 7) is -3.09. The van der Waals surface area contributed by atoms with Crippen LogP contribution in [0.3, 0.4) is 0 Å². The molecule has 0 N–H and O–H groups in total. The predicted molar refractivity (Wildman–Crippen MR) is 89.4 cm³/mol. The first-order valence-corrected chi connectivity index (χ1v) is 8.00. The van der Waals surface area contributed by atoms with E-state index in [0.717, 1.165) is 0 Å². The normalized spacial score (nSPS) is 10.9. The topological polar surface area (TPSA) is 94.9 Å². The highest BCUT2D eigenvalue weighted by atomic mass is 19.3. The number of carbonyl (C=O) groups is 2. The van der Waals surface area contributed by atoms with Gasteiger partial charge in [0.1, 0.15) is 0 Å². The fourth-order valence-electron chi connectivity index (χ4n) is 2.59. The van der Waals surface area contributed by atoms with Gasteiger partial charge in [-0.3, -0.25) is 9.59 Å². The van der Waals surface area contributed by atoms with Crippen LogP contribution in [0.2, 0.25) is 0 Å². The van der Waals surface area contributed by atoms with Crippen LogP contribution in [0.5, 0.6) is 11.5 Å². The quantitative estimate of drug-likeness (QED) is 0.572. The van der Waals surface area contributed by atoms with Crippen LogP contribution >= 0.6 is 0 Å². The molecule has 0 aliphatic rings. The van der Waals surface area contributed by atoms with Crippen molar-refractivity contribution in [3.05, 3.63) is 23.8 Å². The Labute approximate surface area is 155 Å². The van der Waals surface area contributed by atoms with Crippen molar-refractivity contribution in [2.45, 2.75) is 37.7 Å². The van der Waals surface area contributed by atoms with Crippen LogP contribution in [0.15, 0.2) is 18.2 Å². The molecule has 1 aromatic rings. The zero-order valence-corrected chi connectivity index (χ0v) is 15.3. The monoisotopic (exact) mass is 385 g/mol. The van der Waals surface area contributed by atoms with E-state index in [1.807, 2.05) is 0 Å². The number of hydrogen-bond acceptors (Lipinski definition) is 7. The average Bonchev–Trinajstić information content (AvgIpc) is 2.67. The molecule has 0 aliphatic heterocycles. The lowest BCUT2D eigenvalue weighted by atomic mass is 9.74. The van der Waals surface area contributed by atoms with Gasteiger partial charge >= 0.3 is 18.6 Å². The Hall–Kier alpha value is -2.89. The fraction of sp³-hybridized carbons (Fsp3) is 0.500. The zero-order chi connectivity index (χ0) is 20.4. The molecule has 9 heteroatoms. The molecule has 7 nitrogen and oxygen atoms in total. The Bertz CT molecular complexity index is 682. The molecule has 0 radical (unpaired) electrons. The van der Waals surface area contributed by atoms with E-state index in [9.17, 15) is 23.6 Å². The minimum atomic E-state index is -3.09. The molecule has 0 aliphatic carbocycles. The average molecular weight is 385 g/mol. The number of halogens is 2. The minimum absolute atomic E-state index is 0.0214. The maximum absolute atomic E-state index is 12.7. The smallest absolute Gasteiger partial charge is 0.387 e. The van der Waals surface area contributed by atoms with Crippen molar-refractivity contribution in [2.75, 3.05) is 21.3 Å². The number of rotatable bonds is 10. The SMILES string of the molecule is COC(=O)CCC(C#N)(CCC(=O)OC)c1ccc(OC)c(OC(F)F)c1. The summed E-state index contributed by atoms with van der Waals surface area (Å²) in [4.78, 5) is 23.1. The summed E-state index contributed by atoms with van der Waals surface area (Å²) in [5.74, 6) is -1.26. The molecule has 0 heterocycles. The first-order chi connectivity index (χ1) is 12.8. The van der Waals surface area contributed by atoms with Crippen LogP contribution in [0, 0.1) is 11.3 Å². The van der Waals surface area contributed by atoms with Crippen molar-refractivity contribution >= 4 is 11.9 Å². The highest BCUT2D eigenvalue weighted by Gasteiger charge is 2.35. The summed E-state index contributed by atoms with van der Waals surface area (Å²) in [5, 5.41) is 9.83. The Morgan fingerprint density at radius 1 is 1.07 bits per heavy atom. The molecule has 0 saturated carbocycles. The van der Waals surface area contributed by atoms with E-state index in [-0.39, 0.29) is 37.2 Å². The van der Waals surface area contributed by atoms with Crippen molar-refractivity contribution in [1.29, 1.82) is 5.26 Å². The van der Waals surface area contributed by atoms with Crippen molar-refractivity contribution in [3.63, 3.8) is 0 Å². The summed E-state index contributed by atoms with van der Waals surface area (Å²) >= 11 is 0. The van der Waals surface area contributed by atoms with Crippen LogP contribution in [-0.2, 0) is 24.5 Å². The molecule has 0 unspecified atom stereocenters. The summed E-state index contributed by atoms with van der Waals surface area (Å²) in [5.41, 5.74) is -0.997. The van der Waals surface area contributed by atoms with E-state index in [2.05, 4.69) is 20.3 Å². The molecule has 0 amide bonds. The molecular weight excluding hydrogens is 364 g/mol. The van der Waals surface area contributed by atoms with E-state index >= 15 is 0 Å². The highest BCUT2D eigenvalue weighted by molar-refractivity contribution is 5.70. The molecule has 0 saturated heterocycles. The van der Waals surface area contributed by atoms with Gasteiger partial charge in [-0.15, -0.1) is 0 Å². The third kappa shape index (κ3) is 6.09. The number of methoxy groups -OCH3 is 3. The van der Waals surface area contributed by atoms with E-state index < -0.39 is 24.0 Å². The van der Waals surface area contributed by atoms with E-state index in [4.69, 9.17) is 4.74 Å². The molecule has 148 valence electrons. The summed E-state index contributed by atoms with van der Waals surface area (Å²) in [6, 6.07) is 6.26. The number of alkyl halides is 2. The number of ether oxygens (including phenoxy) is 4. The first kappa shape index (κ1) is 22.2. The number of benzene rings is 1. The van der Waals surface area contributed by atoms with Gasteiger partial charge in [0.25, 0.3) is 0 Å². The summed E-state index contributed by atoms with van der Waals surface area (Å²) < 4.78 is 44.0. The second kappa shape index (κ2) is 10.3. The third-order valence-corrected chi connectivity index (χ3v) is 4.11. The summed E-state index contributed by atoms with van der Waals surface area (Å²) in [6.07, 6.45) is -0.147. The lowest BCUT2D eigenvalue weighted by Gasteiger charge is -2.27. The standard InChI is InChI=1S/C18H21F2NO6/c1-24-13-5-4-12(10-14(13)27-17(19)20)18(11-21,8-6-15(22)25-2)9-7-16(23)26-3/h4-5,10,17H,6-9H2,1-3H3. The molecule has 0 fully saturated rings. The largest absolute Gasteiger partial charge is 0.493 e. The Morgan fingerprint density at radius 2 is 1.63 bits per heavy atom. The number of carbonyl (C=O) groups excluding carboxylic acids is 2. The third-order valence-electron chi connectivity index (χ3n) is 4.11. The molecule has 0 spiro atoms. The van der Waals surface area contributed by atoms with Crippen LogP contribution in [-0.4, -0.2) is 39.9 Å². The van der Waals surface area contributed by atoms with Gasteiger partial charge in [-0.25, -0.2) is 0 Å². The van der Waals surface area contributed by atoms with Gasteiger partial charge in [0.2, 0.25) is 0 Å². The second-order valence-electron chi connectivity index (χ2n) is 5.59. The van der Waals surface area contributed by atoms with Gasteiger partial charge in [-0.1, -0.05) is 6.07 Å². The van der Waals surface area contributed by atoms with E-state index in [1.54, 1.807) is 0 Å². The van der Waals surface area contributed by atoms with Crippen LogP contribution in [0.1, 0.15) is 31.2 Å². The van der Waals surface area contributed by atoms with Gasteiger partial charge in [0, 0.05) is 12.8 Å². The number of nitriles is 1. The van der Waals surface area contributed by atoms with E-state index in [1.165, 1.54) is 39.5 Å². The van der Waals surface area contributed by atoms with Gasteiger partial charge in [-0.05, 0) is 30.5 Å². The second-order valence-corrected chi connectivity index (χ2v) is 5.59. The highest BCUT2D eigenvalue weighted by Crippen LogP contribution is 2.39. The van der Waals surface area contributed by atoms with Gasteiger partial charge in [-0.2, -0.15) is 14.0 Å². The molecule has 0 atom stereocenters. The van der Waals surface area contributed by atoms with Crippen molar-refractivity contribution < 1.29 is 37.3 Å². The maximum Gasteiger partial charge on any atom is 0.387 e. The molecule has 27 heavy (non-hydrogen) atoms. The molecule has 0 aromatic heterocycles. The zero-order valence-electron chi connectivity index (χ0n) is 15.3. The van der Waals surface area contributed by atoms with E-state index in [0.29, 0.717) is 5.56 Å². The fourth-order valence-corrected chi connectivity index (χ4v) is 2.59. The minimum Gasteiger partial charge on any atom is -0.493 e. The Balaban J connectivity index is 3.32. The summed E-state index contributed by atoms with van der Waals surface area (Å²) in [7, 11) is 3.72. The predicted octanol–water partition coefficient (Wildman–Crippen LogP) is 2.96. The number of nitrogens with zero attached hydrogens (tertiary/aromatic N) is 1. The van der Waals surface area contributed by atoms with Crippen LogP contribution in [0.25, 0.3) is 0 Å². The lowest BCUT2D eigenvalue weighted by molar-refractivity contribution is -0.141. The first-order valence-electron chi connectivity index (χ1n) is 8.00. The Morgan fingerprint density at radius 3 is 2.04 bits per heavy atom. The number of hydrogen-bond donors (Lipinski definition) is 0. The van der Waals surface area contributed by atoms with Crippen molar-refractivity contribution in [3.8, 4) is 17.6 Å². The molecule has 1 aromatic carbocycles. The van der Waals surface area contributed by atoms with Crippen LogP contribution in [0.4, 0.5) is 8.78 Å². The van der Waals surface area contributed by atoms with Gasteiger partial charge in [0.05, 0.1) is 32.8 Å². The number of esters is 2. The lowest BCUT2D eigenvalue weighted by Crippen LogP contribution is -2.27. The van der Waals surface area contributed by atoms with Gasteiger partial charge in [0.15, 0.2) is 11.5 Å². The molecule has 1 rings (SSSR count). The molecular formula is C18H21F2NO6. The maximum atomic E-state index is 12.7. The van der Waals surface area contributed by atoms with Gasteiger partial charge < -0.3 is 18.9 Å². The van der Waals surface area contributed by atoms with Crippen LogP contribution < -0.4 is 9.47 Å². The van der Waals surface area contributed by atoms with Crippen molar-refractivity contribution in [1.82, 2.24) is 0 Å². The Kier molecular flexibility index (Phi) is 8.45.